The zero-order valence-electron chi connectivity index (χ0n) is 13.2. The number of likely N-dealkylation sites (N-methyl/N-ethyl adjacent to an activating group) is 1. The van der Waals surface area contributed by atoms with Crippen molar-refractivity contribution in [1.29, 1.82) is 0 Å². The fourth-order valence-corrected chi connectivity index (χ4v) is 3.38. The summed E-state index contributed by atoms with van der Waals surface area (Å²) in [6.07, 6.45) is 0. The second-order valence-electron chi connectivity index (χ2n) is 6.32. The van der Waals surface area contributed by atoms with E-state index in [9.17, 15) is 0 Å². The number of nitrogens with one attached hydrogen (secondary N) is 1. The molecule has 4 nitrogen and oxygen atoms in total. The molecule has 0 radical (unpaired) electrons. The number of hydrogen-bond donors (Lipinski definition) is 1. The molecule has 1 aromatic rings. The summed E-state index contributed by atoms with van der Waals surface area (Å²) in [4.78, 5) is 7.73. The summed E-state index contributed by atoms with van der Waals surface area (Å²) >= 11 is 0. The Morgan fingerprint density at radius 1 is 0.952 bits per heavy atom. The maximum absolute atomic E-state index is 3.45. The fourth-order valence-electron chi connectivity index (χ4n) is 3.38. The molecule has 2 aliphatic rings. The summed E-state index contributed by atoms with van der Waals surface area (Å²) in [5, 5.41) is 3.45. The first-order valence-corrected chi connectivity index (χ1v) is 8.23. The van der Waals surface area contributed by atoms with Gasteiger partial charge in [0.25, 0.3) is 0 Å². The van der Waals surface area contributed by atoms with Crippen LogP contribution in [0.1, 0.15) is 11.6 Å². The minimum Gasteiger partial charge on any atom is -0.314 e. The molecular weight excluding hydrogens is 260 g/mol. The van der Waals surface area contributed by atoms with Crippen LogP contribution in [0.25, 0.3) is 0 Å². The number of rotatable bonds is 4. The van der Waals surface area contributed by atoms with E-state index in [1.165, 1.54) is 44.8 Å². The van der Waals surface area contributed by atoms with Crippen molar-refractivity contribution in [2.45, 2.75) is 6.04 Å². The molecule has 21 heavy (non-hydrogen) atoms. The molecule has 0 amide bonds. The van der Waals surface area contributed by atoms with Crippen molar-refractivity contribution >= 4 is 0 Å². The topological polar surface area (TPSA) is 21.8 Å². The van der Waals surface area contributed by atoms with E-state index in [1.54, 1.807) is 0 Å². The number of hydrogen-bond acceptors (Lipinski definition) is 4. The molecule has 116 valence electrons. The average Bonchev–Trinajstić information content (AvgIpc) is 2.55. The van der Waals surface area contributed by atoms with Crippen molar-refractivity contribution in [2.75, 3.05) is 66.0 Å². The molecule has 1 aromatic carbocycles. The lowest BCUT2D eigenvalue weighted by atomic mass is 10.0. The van der Waals surface area contributed by atoms with Gasteiger partial charge in [0.2, 0.25) is 0 Å². The molecule has 1 atom stereocenters. The second kappa shape index (κ2) is 7.36. The second-order valence-corrected chi connectivity index (χ2v) is 6.32. The molecular formula is C17H28N4. The molecule has 3 rings (SSSR count). The Bertz CT molecular complexity index is 408. The third kappa shape index (κ3) is 4.04. The Morgan fingerprint density at radius 3 is 2.29 bits per heavy atom. The van der Waals surface area contributed by atoms with Crippen molar-refractivity contribution in [3.05, 3.63) is 35.9 Å². The molecule has 2 heterocycles. The Balaban J connectivity index is 1.71. The quantitative estimate of drug-likeness (QED) is 0.888. The van der Waals surface area contributed by atoms with Gasteiger partial charge in [-0.1, -0.05) is 30.3 Å². The van der Waals surface area contributed by atoms with Gasteiger partial charge in [-0.25, -0.2) is 0 Å². The molecule has 2 saturated heterocycles. The van der Waals surface area contributed by atoms with Gasteiger partial charge in [0, 0.05) is 64.9 Å². The maximum Gasteiger partial charge on any atom is 0.0476 e. The highest BCUT2D eigenvalue weighted by atomic mass is 15.3. The van der Waals surface area contributed by atoms with Crippen molar-refractivity contribution in [2.24, 2.45) is 0 Å². The minimum atomic E-state index is 0.540. The molecule has 0 aliphatic carbocycles. The van der Waals surface area contributed by atoms with E-state index in [4.69, 9.17) is 0 Å². The lowest BCUT2D eigenvalue weighted by molar-refractivity contribution is 0.0816. The highest BCUT2D eigenvalue weighted by Crippen LogP contribution is 2.23. The van der Waals surface area contributed by atoms with Crippen LogP contribution >= 0.6 is 0 Å². The molecule has 1 N–H and O–H groups in total. The largest absolute Gasteiger partial charge is 0.314 e. The van der Waals surface area contributed by atoms with Crippen LogP contribution in [0.15, 0.2) is 30.3 Å². The van der Waals surface area contributed by atoms with Crippen LogP contribution in [0.2, 0.25) is 0 Å². The Kier molecular flexibility index (Phi) is 5.25. The molecule has 2 aliphatic heterocycles. The van der Waals surface area contributed by atoms with Crippen molar-refractivity contribution in [3.63, 3.8) is 0 Å². The first kappa shape index (κ1) is 15.0. The van der Waals surface area contributed by atoms with Crippen LogP contribution in [0.4, 0.5) is 0 Å². The van der Waals surface area contributed by atoms with Gasteiger partial charge in [0.15, 0.2) is 0 Å². The van der Waals surface area contributed by atoms with Crippen LogP contribution < -0.4 is 5.32 Å². The standard InChI is InChI=1S/C17H28N4/c1-19-11-13-21(14-12-19)17(16-5-3-2-4-6-16)15-20-9-7-18-8-10-20/h2-6,17-18H,7-15H2,1H3/t17-/m0/s1. The zero-order chi connectivity index (χ0) is 14.5. The van der Waals surface area contributed by atoms with E-state index in [2.05, 4.69) is 57.4 Å². The average molecular weight is 288 g/mol. The van der Waals surface area contributed by atoms with Gasteiger partial charge in [-0.2, -0.15) is 0 Å². The van der Waals surface area contributed by atoms with Gasteiger partial charge in [-0.15, -0.1) is 0 Å². The summed E-state index contributed by atoms with van der Waals surface area (Å²) in [7, 11) is 2.23. The first-order valence-electron chi connectivity index (χ1n) is 8.23. The first-order chi connectivity index (χ1) is 10.3. The third-order valence-corrected chi connectivity index (χ3v) is 4.80. The monoisotopic (exact) mass is 288 g/mol. The van der Waals surface area contributed by atoms with Crippen molar-refractivity contribution < 1.29 is 0 Å². The summed E-state index contributed by atoms with van der Waals surface area (Å²) in [5.74, 6) is 0. The van der Waals surface area contributed by atoms with Gasteiger partial charge < -0.3 is 10.2 Å². The number of nitrogens with zero attached hydrogens (tertiary/aromatic N) is 3. The highest BCUT2D eigenvalue weighted by Gasteiger charge is 2.26. The third-order valence-electron chi connectivity index (χ3n) is 4.80. The summed E-state index contributed by atoms with van der Waals surface area (Å²) in [5.41, 5.74) is 1.47. The van der Waals surface area contributed by atoms with Crippen LogP contribution in [0, 0.1) is 0 Å². The number of benzene rings is 1. The van der Waals surface area contributed by atoms with E-state index in [-0.39, 0.29) is 0 Å². The Labute approximate surface area is 128 Å². The van der Waals surface area contributed by atoms with E-state index in [1.807, 2.05) is 0 Å². The molecule has 4 heteroatoms. The SMILES string of the molecule is CN1CCN([C@@H](CN2CCNCC2)c2ccccc2)CC1. The molecule has 0 spiro atoms. The predicted octanol–water partition coefficient (Wildman–Crippen LogP) is 0.880. The van der Waals surface area contributed by atoms with Crippen LogP contribution in [0.3, 0.4) is 0 Å². The fraction of sp³-hybridized carbons (Fsp3) is 0.647. The van der Waals surface area contributed by atoms with Gasteiger partial charge in [-0.3, -0.25) is 9.80 Å². The maximum atomic E-state index is 3.45. The van der Waals surface area contributed by atoms with Crippen molar-refractivity contribution in [1.82, 2.24) is 20.0 Å². The van der Waals surface area contributed by atoms with Crippen LogP contribution in [-0.2, 0) is 0 Å². The molecule has 0 unspecified atom stereocenters. The smallest absolute Gasteiger partial charge is 0.0476 e. The van der Waals surface area contributed by atoms with E-state index in [0.29, 0.717) is 6.04 Å². The summed E-state index contributed by atoms with van der Waals surface area (Å²) < 4.78 is 0. The van der Waals surface area contributed by atoms with Gasteiger partial charge >= 0.3 is 0 Å². The highest BCUT2D eigenvalue weighted by molar-refractivity contribution is 5.19. The summed E-state index contributed by atoms with van der Waals surface area (Å²) in [6.45, 7) is 10.5. The lowest BCUT2D eigenvalue weighted by Gasteiger charge is -2.41. The predicted molar refractivity (Wildman–Crippen MR) is 87.6 cm³/mol. The number of piperazine rings is 2. The Morgan fingerprint density at radius 2 is 1.62 bits per heavy atom. The van der Waals surface area contributed by atoms with Crippen LogP contribution in [-0.4, -0.2) is 80.7 Å². The zero-order valence-corrected chi connectivity index (χ0v) is 13.2. The molecule has 2 fully saturated rings. The lowest BCUT2D eigenvalue weighted by Crippen LogP contribution is -2.51. The van der Waals surface area contributed by atoms with E-state index >= 15 is 0 Å². The molecule has 0 aromatic heterocycles. The van der Waals surface area contributed by atoms with Gasteiger partial charge in [-0.05, 0) is 12.6 Å². The van der Waals surface area contributed by atoms with E-state index < -0.39 is 0 Å². The normalized spacial score (nSPS) is 24.0. The van der Waals surface area contributed by atoms with Crippen LogP contribution in [0.5, 0.6) is 0 Å². The molecule has 0 saturated carbocycles. The van der Waals surface area contributed by atoms with Gasteiger partial charge in [0.1, 0.15) is 0 Å². The molecule has 0 bridgehead atoms. The minimum absolute atomic E-state index is 0.540. The van der Waals surface area contributed by atoms with Crippen molar-refractivity contribution in [3.8, 4) is 0 Å². The van der Waals surface area contributed by atoms with Gasteiger partial charge in [0.05, 0.1) is 0 Å². The Hall–Kier alpha value is -0.940. The van der Waals surface area contributed by atoms with E-state index in [0.717, 1.165) is 19.6 Å². The summed E-state index contributed by atoms with van der Waals surface area (Å²) in [6, 6.07) is 11.6.